The number of hydrogen-bond donors (Lipinski definition) is 2. The van der Waals surface area contributed by atoms with Crippen molar-refractivity contribution in [3.05, 3.63) is 94.3 Å². The monoisotopic (exact) mass is 448 g/mol. The lowest BCUT2D eigenvalue weighted by atomic mass is 10.1. The van der Waals surface area contributed by atoms with Crippen LogP contribution in [0.2, 0.25) is 5.02 Å². The Morgan fingerprint density at radius 2 is 1.73 bits per heavy atom. The molecule has 30 heavy (non-hydrogen) atoms. The summed E-state index contributed by atoms with van der Waals surface area (Å²) in [5.74, 6) is 0.326. The lowest BCUT2D eigenvalue weighted by Gasteiger charge is -2.13. The van der Waals surface area contributed by atoms with Gasteiger partial charge in [-0.05, 0) is 54.9 Å². The van der Waals surface area contributed by atoms with Crippen LogP contribution in [-0.4, -0.2) is 15.0 Å². The molecule has 0 radical (unpaired) electrons. The zero-order valence-electron chi connectivity index (χ0n) is 16.1. The molecule has 0 aliphatic carbocycles. The van der Waals surface area contributed by atoms with Crippen LogP contribution in [0.3, 0.4) is 0 Å². The van der Waals surface area contributed by atoms with Crippen LogP contribution in [0.5, 0.6) is 5.75 Å². The second kappa shape index (κ2) is 10.0. The van der Waals surface area contributed by atoms with E-state index in [1.54, 1.807) is 42.5 Å². The Balaban J connectivity index is 1.56. The van der Waals surface area contributed by atoms with Crippen LogP contribution in [0.15, 0.2) is 71.6 Å². The summed E-state index contributed by atoms with van der Waals surface area (Å²) in [6.45, 7) is 1.30. The number of hydrogen-bond acceptors (Lipinski definition) is 4. The topological polar surface area (TPSA) is 81.4 Å². The van der Waals surface area contributed by atoms with Crippen LogP contribution in [0, 0.1) is 5.82 Å². The number of primary sulfonamides is 1. The highest BCUT2D eigenvalue weighted by Gasteiger charge is 2.09. The molecule has 0 amide bonds. The van der Waals surface area contributed by atoms with Gasteiger partial charge in [-0.2, -0.15) is 0 Å². The summed E-state index contributed by atoms with van der Waals surface area (Å²) < 4.78 is 42.2. The highest BCUT2D eigenvalue weighted by Crippen LogP contribution is 2.24. The van der Waals surface area contributed by atoms with Crippen molar-refractivity contribution in [3.8, 4) is 5.75 Å². The second-order valence-corrected chi connectivity index (χ2v) is 8.75. The summed E-state index contributed by atoms with van der Waals surface area (Å²) in [5, 5.41) is 9.01. The molecule has 0 heterocycles. The smallest absolute Gasteiger partial charge is 0.238 e. The van der Waals surface area contributed by atoms with Gasteiger partial charge in [-0.15, -0.1) is 0 Å². The Kier molecular flexibility index (Phi) is 7.44. The van der Waals surface area contributed by atoms with Gasteiger partial charge in [-0.3, -0.25) is 0 Å². The predicted molar refractivity (Wildman–Crippen MR) is 115 cm³/mol. The molecule has 0 atom stereocenters. The zero-order valence-corrected chi connectivity index (χ0v) is 17.7. The Morgan fingerprint density at radius 1 is 1.00 bits per heavy atom. The SMILES string of the molecule is NS(=O)(=O)c1ccc(CCNCc2cc(Cl)ccc2OCc2ccccc2F)cc1. The van der Waals surface area contributed by atoms with Gasteiger partial charge in [0.1, 0.15) is 18.2 Å². The van der Waals surface area contributed by atoms with Crippen molar-refractivity contribution in [2.75, 3.05) is 6.54 Å². The molecule has 0 saturated carbocycles. The molecular weight excluding hydrogens is 427 g/mol. The maximum absolute atomic E-state index is 13.8. The summed E-state index contributed by atoms with van der Waals surface area (Å²) in [4.78, 5) is 0.0924. The van der Waals surface area contributed by atoms with Gasteiger partial charge in [-0.1, -0.05) is 41.9 Å². The fourth-order valence-corrected chi connectivity index (χ4v) is 3.61. The van der Waals surface area contributed by atoms with E-state index in [1.807, 2.05) is 6.07 Å². The third-order valence-corrected chi connectivity index (χ3v) is 5.69. The number of sulfonamides is 1. The minimum Gasteiger partial charge on any atom is -0.488 e. The number of benzene rings is 3. The Morgan fingerprint density at radius 3 is 2.43 bits per heavy atom. The van der Waals surface area contributed by atoms with Crippen LogP contribution in [0.4, 0.5) is 4.39 Å². The van der Waals surface area contributed by atoms with Crippen LogP contribution in [0.25, 0.3) is 0 Å². The largest absolute Gasteiger partial charge is 0.488 e. The summed E-state index contributed by atoms with van der Waals surface area (Å²) in [5.41, 5.74) is 2.33. The van der Waals surface area contributed by atoms with Crippen LogP contribution in [0.1, 0.15) is 16.7 Å². The summed E-state index contributed by atoms with van der Waals surface area (Å²) in [7, 11) is -3.68. The molecule has 0 aromatic heterocycles. The third-order valence-electron chi connectivity index (χ3n) is 4.52. The van der Waals surface area contributed by atoms with Gasteiger partial charge < -0.3 is 10.1 Å². The van der Waals surface area contributed by atoms with Crippen molar-refractivity contribution < 1.29 is 17.5 Å². The van der Waals surface area contributed by atoms with Gasteiger partial charge in [-0.25, -0.2) is 17.9 Å². The number of nitrogens with two attached hydrogens (primary N) is 1. The van der Waals surface area contributed by atoms with Crippen molar-refractivity contribution in [3.63, 3.8) is 0 Å². The first-order valence-electron chi connectivity index (χ1n) is 9.30. The van der Waals surface area contributed by atoms with E-state index in [4.69, 9.17) is 21.5 Å². The second-order valence-electron chi connectivity index (χ2n) is 6.75. The van der Waals surface area contributed by atoms with Gasteiger partial charge in [0.2, 0.25) is 10.0 Å². The van der Waals surface area contributed by atoms with E-state index in [0.29, 0.717) is 35.8 Å². The first kappa shape index (κ1) is 22.2. The Bertz CT molecular complexity index is 1110. The minimum absolute atomic E-state index is 0.0924. The molecule has 0 spiro atoms. The van der Waals surface area contributed by atoms with Crippen molar-refractivity contribution in [2.45, 2.75) is 24.5 Å². The molecule has 0 bridgehead atoms. The van der Waals surface area contributed by atoms with E-state index in [1.165, 1.54) is 18.2 Å². The molecule has 0 aliphatic rings. The van der Waals surface area contributed by atoms with Gasteiger partial charge >= 0.3 is 0 Å². The van der Waals surface area contributed by atoms with E-state index < -0.39 is 10.0 Å². The number of nitrogens with one attached hydrogen (secondary N) is 1. The fraction of sp³-hybridized carbons (Fsp3) is 0.182. The molecule has 8 heteroatoms. The van der Waals surface area contributed by atoms with E-state index in [-0.39, 0.29) is 17.3 Å². The molecule has 3 aromatic rings. The maximum Gasteiger partial charge on any atom is 0.238 e. The highest BCUT2D eigenvalue weighted by atomic mass is 35.5. The quantitative estimate of drug-likeness (QED) is 0.484. The summed E-state index contributed by atoms with van der Waals surface area (Å²) in [6, 6.07) is 18.3. The summed E-state index contributed by atoms with van der Waals surface area (Å²) in [6.07, 6.45) is 0.705. The lowest BCUT2D eigenvalue weighted by molar-refractivity contribution is 0.296. The Hall–Kier alpha value is -2.45. The van der Waals surface area contributed by atoms with E-state index in [0.717, 1.165) is 11.1 Å². The maximum atomic E-state index is 13.8. The van der Waals surface area contributed by atoms with Gasteiger partial charge in [0.05, 0.1) is 4.90 Å². The number of halogens is 2. The van der Waals surface area contributed by atoms with E-state index in [2.05, 4.69) is 5.32 Å². The molecule has 0 aliphatic heterocycles. The van der Waals surface area contributed by atoms with Crippen molar-refractivity contribution in [1.82, 2.24) is 5.32 Å². The van der Waals surface area contributed by atoms with Crippen LogP contribution < -0.4 is 15.2 Å². The molecule has 3 aromatic carbocycles. The molecular formula is C22H22ClFN2O3S. The molecule has 3 N–H and O–H groups in total. The highest BCUT2D eigenvalue weighted by molar-refractivity contribution is 7.89. The van der Waals surface area contributed by atoms with Crippen molar-refractivity contribution >= 4 is 21.6 Å². The normalized spacial score (nSPS) is 11.4. The lowest BCUT2D eigenvalue weighted by Crippen LogP contribution is -2.17. The zero-order chi connectivity index (χ0) is 21.6. The summed E-state index contributed by atoms with van der Waals surface area (Å²) >= 11 is 6.12. The molecule has 5 nitrogen and oxygen atoms in total. The van der Waals surface area contributed by atoms with Gasteiger partial charge in [0.25, 0.3) is 0 Å². The van der Waals surface area contributed by atoms with Crippen molar-refractivity contribution in [2.24, 2.45) is 5.14 Å². The molecule has 0 saturated heterocycles. The first-order chi connectivity index (χ1) is 14.3. The number of rotatable bonds is 9. The molecule has 3 rings (SSSR count). The molecule has 0 fully saturated rings. The molecule has 0 unspecified atom stereocenters. The van der Waals surface area contributed by atoms with E-state index in [9.17, 15) is 12.8 Å². The fourth-order valence-electron chi connectivity index (χ4n) is 2.90. The minimum atomic E-state index is -3.68. The molecule has 158 valence electrons. The average molecular weight is 449 g/mol. The predicted octanol–water partition coefficient (Wildman–Crippen LogP) is 4.04. The standard InChI is InChI=1S/C22H22ClFN2O3S/c23-19-7-10-22(29-15-17-3-1-2-4-21(17)24)18(13-19)14-26-12-11-16-5-8-20(9-6-16)30(25,27)28/h1-10,13,26H,11-12,14-15H2,(H2,25,27,28). The van der Waals surface area contributed by atoms with E-state index >= 15 is 0 Å². The first-order valence-corrected chi connectivity index (χ1v) is 11.2. The van der Waals surface area contributed by atoms with Crippen LogP contribution >= 0.6 is 11.6 Å². The Labute approximate surface area is 180 Å². The van der Waals surface area contributed by atoms with Crippen LogP contribution in [-0.2, 0) is 29.6 Å². The van der Waals surface area contributed by atoms with Gasteiger partial charge in [0.15, 0.2) is 0 Å². The van der Waals surface area contributed by atoms with Gasteiger partial charge in [0, 0.05) is 22.7 Å². The third kappa shape index (κ3) is 6.27. The van der Waals surface area contributed by atoms with Crippen molar-refractivity contribution in [1.29, 1.82) is 0 Å². The average Bonchev–Trinajstić information content (AvgIpc) is 2.71. The number of ether oxygens (including phenoxy) is 1.